The first-order chi connectivity index (χ1) is 4.68. The van der Waals surface area contributed by atoms with E-state index in [-0.39, 0.29) is 0 Å². The molecule has 0 bridgehead atoms. The van der Waals surface area contributed by atoms with Crippen molar-refractivity contribution in [2.24, 2.45) is 5.92 Å². The Hall–Kier alpha value is -0.570. The van der Waals surface area contributed by atoms with E-state index in [4.69, 9.17) is 5.11 Å². The summed E-state index contributed by atoms with van der Waals surface area (Å²) in [7, 11) is 2.03. The molecule has 0 saturated carbocycles. The number of nitrogens with zero attached hydrogens (tertiary/aromatic N) is 1. The molecule has 1 aliphatic rings. The van der Waals surface area contributed by atoms with Crippen LogP contribution in [0.2, 0.25) is 0 Å². The summed E-state index contributed by atoms with van der Waals surface area (Å²) in [4.78, 5) is 12.4. The van der Waals surface area contributed by atoms with Gasteiger partial charge in [0.1, 0.15) is 0 Å². The van der Waals surface area contributed by atoms with E-state index >= 15 is 0 Å². The number of likely N-dealkylation sites (tertiary alicyclic amines) is 1. The standard InChI is InChI=1S/C7H13NO2/c1-8-3-2-6(5-8)4-7(9)10/h6H,2-5H2,1H3,(H,9,10). The summed E-state index contributed by atoms with van der Waals surface area (Å²) in [6, 6.07) is 0. The van der Waals surface area contributed by atoms with E-state index in [2.05, 4.69) is 4.90 Å². The van der Waals surface area contributed by atoms with E-state index in [1.807, 2.05) is 7.05 Å². The van der Waals surface area contributed by atoms with Crippen LogP contribution in [0.4, 0.5) is 0 Å². The SMILES string of the molecule is CN1CCC(CC(=O)O)C1. The largest absolute Gasteiger partial charge is 0.481 e. The van der Waals surface area contributed by atoms with Crippen LogP contribution in [0.5, 0.6) is 0 Å². The molecule has 0 radical (unpaired) electrons. The van der Waals surface area contributed by atoms with Crippen LogP contribution in [0.15, 0.2) is 0 Å². The minimum atomic E-state index is -0.666. The third-order valence-electron chi connectivity index (χ3n) is 1.95. The molecule has 0 aromatic rings. The number of hydrogen-bond donors (Lipinski definition) is 1. The Balaban J connectivity index is 2.24. The monoisotopic (exact) mass is 143 g/mol. The Labute approximate surface area is 60.6 Å². The minimum Gasteiger partial charge on any atom is -0.481 e. The molecule has 1 saturated heterocycles. The van der Waals surface area contributed by atoms with Crippen LogP contribution in [-0.2, 0) is 4.79 Å². The zero-order valence-corrected chi connectivity index (χ0v) is 6.21. The third-order valence-corrected chi connectivity index (χ3v) is 1.95. The van der Waals surface area contributed by atoms with Gasteiger partial charge in [-0.25, -0.2) is 0 Å². The summed E-state index contributed by atoms with van der Waals surface area (Å²) < 4.78 is 0. The Morgan fingerprint density at radius 2 is 2.50 bits per heavy atom. The van der Waals surface area contributed by atoms with Gasteiger partial charge in [-0.3, -0.25) is 4.79 Å². The molecule has 0 amide bonds. The molecular formula is C7H13NO2. The molecule has 0 spiro atoms. The topological polar surface area (TPSA) is 40.5 Å². The third kappa shape index (κ3) is 1.99. The van der Waals surface area contributed by atoms with E-state index < -0.39 is 5.97 Å². The predicted molar refractivity (Wildman–Crippen MR) is 37.9 cm³/mol. The van der Waals surface area contributed by atoms with Crippen molar-refractivity contribution in [3.63, 3.8) is 0 Å². The molecule has 10 heavy (non-hydrogen) atoms. The summed E-state index contributed by atoms with van der Waals surface area (Å²) >= 11 is 0. The molecule has 0 aromatic carbocycles. The van der Waals surface area contributed by atoms with Gasteiger partial charge < -0.3 is 10.0 Å². The van der Waals surface area contributed by atoms with Crippen molar-refractivity contribution in [2.75, 3.05) is 20.1 Å². The second kappa shape index (κ2) is 3.01. The summed E-state index contributed by atoms with van der Waals surface area (Å²) in [5.74, 6) is -0.275. The van der Waals surface area contributed by atoms with Gasteiger partial charge in [0.25, 0.3) is 0 Å². The average molecular weight is 143 g/mol. The van der Waals surface area contributed by atoms with Crippen molar-refractivity contribution in [3.05, 3.63) is 0 Å². The highest BCUT2D eigenvalue weighted by Gasteiger charge is 2.21. The molecule has 58 valence electrons. The first-order valence-electron chi connectivity index (χ1n) is 3.59. The van der Waals surface area contributed by atoms with Crippen molar-refractivity contribution >= 4 is 5.97 Å². The van der Waals surface area contributed by atoms with Gasteiger partial charge in [0.05, 0.1) is 0 Å². The van der Waals surface area contributed by atoms with Gasteiger partial charge in [-0.2, -0.15) is 0 Å². The van der Waals surface area contributed by atoms with Crippen LogP contribution in [0.1, 0.15) is 12.8 Å². The van der Waals surface area contributed by atoms with Crippen LogP contribution < -0.4 is 0 Å². The van der Waals surface area contributed by atoms with Crippen LogP contribution in [0.25, 0.3) is 0 Å². The first-order valence-corrected chi connectivity index (χ1v) is 3.59. The van der Waals surface area contributed by atoms with E-state index in [1.165, 1.54) is 0 Å². The van der Waals surface area contributed by atoms with Crippen LogP contribution in [0, 0.1) is 5.92 Å². The van der Waals surface area contributed by atoms with E-state index in [0.29, 0.717) is 12.3 Å². The highest BCUT2D eigenvalue weighted by Crippen LogP contribution is 2.17. The highest BCUT2D eigenvalue weighted by molar-refractivity contribution is 5.67. The normalized spacial score (nSPS) is 27.1. The second-order valence-electron chi connectivity index (χ2n) is 3.01. The van der Waals surface area contributed by atoms with Crippen molar-refractivity contribution in [1.82, 2.24) is 4.90 Å². The number of aliphatic carboxylic acids is 1. The van der Waals surface area contributed by atoms with Gasteiger partial charge in [0.15, 0.2) is 0 Å². The van der Waals surface area contributed by atoms with Crippen molar-refractivity contribution in [1.29, 1.82) is 0 Å². The number of hydrogen-bond acceptors (Lipinski definition) is 2. The first kappa shape index (κ1) is 7.54. The number of carboxylic acid groups (broad SMARTS) is 1. The molecule has 1 fully saturated rings. The molecular weight excluding hydrogens is 130 g/mol. The lowest BCUT2D eigenvalue weighted by molar-refractivity contribution is -0.138. The van der Waals surface area contributed by atoms with Gasteiger partial charge in [-0.05, 0) is 25.9 Å². The Bertz CT molecular complexity index is 136. The maximum atomic E-state index is 10.2. The smallest absolute Gasteiger partial charge is 0.303 e. The fourth-order valence-electron chi connectivity index (χ4n) is 1.44. The second-order valence-corrected chi connectivity index (χ2v) is 3.01. The van der Waals surface area contributed by atoms with Gasteiger partial charge in [-0.1, -0.05) is 0 Å². The number of carboxylic acids is 1. The molecule has 3 heteroatoms. The van der Waals surface area contributed by atoms with Crippen molar-refractivity contribution < 1.29 is 9.90 Å². The Morgan fingerprint density at radius 3 is 2.90 bits per heavy atom. The lowest BCUT2D eigenvalue weighted by Crippen LogP contribution is -2.15. The quantitative estimate of drug-likeness (QED) is 0.608. The predicted octanol–water partition coefficient (Wildman–Crippen LogP) is 0.413. The minimum absolute atomic E-state index is 0.338. The molecule has 0 aliphatic carbocycles. The van der Waals surface area contributed by atoms with Crippen LogP contribution >= 0.6 is 0 Å². The van der Waals surface area contributed by atoms with Gasteiger partial charge in [0.2, 0.25) is 0 Å². The lowest BCUT2D eigenvalue weighted by Gasteiger charge is -2.06. The molecule has 3 nitrogen and oxygen atoms in total. The van der Waals surface area contributed by atoms with Gasteiger partial charge in [0, 0.05) is 13.0 Å². The average Bonchev–Trinajstić information content (AvgIpc) is 2.13. The van der Waals surface area contributed by atoms with E-state index in [1.54, 1.807) is 0 Å². The Kier molecular flexibility index (Phi) is 2.27. The van der Waals surface area contributed by atoms with Gasteiger partial charge in [-0.15, -0.1) is 0 Å². The zero-order valence-electron chi connectivity index (χ0n) is 6.21. The molecule has 1 aliphatic heterocycles. The fraction of sp³-hybridized carbons (Fsp3) is 0.857. The summed E-state index contributed by atoms with van der Waals surface area (Å²) in [6.45, 7) is 2.00. The highest BCUT2D eigenvalue weighted by atomic mass is 16.4. The maximum absolute atomic E-state index is 10.2. The fourth-order valence-corrected chi connectivity index (χ4v) is 1.44. The molecule has 0 aromatic heterocycles. The van der Waals surface area contributed by atoms with Gasteiger partial charge >= 0.3 is 5.97 Å². The molecule has 1 N–H and O–H groups in total. The molecule has 1 atom stereocenters. The number of carbonyl (C=O) groups is 1. The lowest BCUT2D eigenvalue weighted by atomic mass is 10.1. The van der Waals surface area contributed by atoms with Crippen molar-refractivity contribution in [2.45, 2.75) is 12.8 Å². The molecule has 1 unspecified atom stereocenters. The maximum Gasteiger partial charge on any atom is 0.303 e. The summed E-state index contributed by atoms with van der Waals surface area (Å²) in [6.07, 6.45) is 1.38. The summed E-state index contributed by atoms with van der Waals surface area (Å²) in [5.41, 5.74) is 0. The van der Waals surface area contributed by atoms with E-state index in [9.17, 15) is 4.79 Å². The molecule has 1 rings (SSSR count). The Morgan fingerprint density at radius 1 is 1.80 bits per heavy atom. The van der Waals surface area contributed by atoms with Crippen molar-refractivity contribution in [3.8, 4) is 0 Å². The molecule has 1 heterocycles. The number of rotatable bonds is 2. The van der Waals surface area contributed by atoms with Crippen LogP contribution in [0.3, 0.4) is 0 Å². The summed E-state index contributed by atoms with van der Waals surface area (Å²) in [5, 5.41) is 8.44. The zero-order chi connectivity index (χ0) is 7.56. The van der Waals surface area contributed by atoms with E-state index in [0.717, 1.165) is 19.5 Å². The van der Waals surface area contributed by atoms with Crippen LogP contribution in [-0.4, -0.2) is 36.1 Å².